The van der Waals surface area contributed by atoms with Crippen molar-refractivity contribution in [3.05, 3.63) is 29.8 Å². The van der Waals surface area contributed by atoms with Crippen LogP contribution in [0.1, 0.15) is 32.3 Å². The smallest absolute Gasteiger partial charge is 0.307 e. The van der Waals surface area contributed by atoms with Crippen molar-refractivity contribution < 1.29 is 14.7 Å². The van der Waals surface area contributed by atoms with Gasteiger partial charge in [0.15, 0.2) is 0 Å². The molecule has 0 radical (unpaired) electrons. The van der Waals surface area contributed by atoms with E-state index >= 15 is 0 Å². The molecule has 4 nitrogen and oxygen atoms in total. The molecule has 3 rings (SSSR count). The molecule has 4 atom stereocenters. The second-order valence-electron chi connectivity index (χ2n) is 7.36. The van der Waals surface area contributed by atoms with Crippen LogP contribution in [0.2, 0.25) is 0 Å². The molecule has 2 aliphatic carbocycles. The summed E-state index contributed by atoms with van der Waals surface area (Å²) in [6, 6.07) is 7.60. The number of aryl methyl sites for hydroxylation is 1. The molecule has 4 heteroatoms. The Morgan fingerprint density at radius 3 is 2.18 bits per heavy atom. The molecule has 2 bridgehead atoms. The van der Waals surface area contributed by atoms with Crippen LogP contribution in [-0.2, 0) is 9.59 Å². The molecule has 0 saturated heterocycles. The third-order valence-electron chi connectivity index (χ3n) is 5.86. The highest BCUT2D eigenvalue weighted by Gasteiger charge is 2.63. The zero-order valence-electron chi connectivity index (χ0n) is 13.3. The lowest BCUT2D eigenvalue weighted by Gasteiger charge is -2.27. The molecule has 0 heterocycles. The zero-order valence-corrected chi connectivity index (χ0v) is 13.3. The Morgan fingerprint density at radius 2 is 1.64 bits per heavy atom. The minimum absolute atomic E-state index is 0.0711. The van der Waals surface area contributed by atoms with E-state index in [-0.39, 0.29) is 23.2 Å². The van der Waals surface area contributed by atoms with Crippen LogP contribution in [0.25, 0.3) is 0 Å². The van der Waals surface area contributed by atoms with E-state index in [0.717, 1.165) is 24.1 Å². The predicted octanol–water partition coefficient (Wildman–Crippen LogP) is 3.32. The largest absolute Gasteiger partial charge is 0.481 e. The average molecular weight is 301 g/mol. The fraction of sp³-hybridized carbons (Fsp3) is 0.556. The number of fused-ring (bicyclic) bond motifs is 2. The van der Waals surface area contributed by atoms with Crippen LogP contribution in [0.3, 0.4) is 0 Å². The predicted molar refractivity (Wildman–Crippen MR) is 84.4 cm³/mol. The number of nitrogens with one attached hydrogen (secondary N) is 1. The van der Waals surface area contributed by atoms with Gasteiger partial charge in [0.25, 0.3) is 0 Å². The molecule has 118 valence electrons. The van der Waals surface area contributed by atoms with Gasteiger partial charge in [-0.1, -0.05) is 31.5 Å². The average Bonchev–Trinajstić information content (AvgIpc) is 2.87. The van der Waals surface area contributed by atoms with E-state index < -0.39 is 17.8 Å². The molecule has 0 aliphatic heterocycles. The quantitative estimate of drug-likeness (QED) is 0.900. The maximum Gasteiger partial charge on any atom is 0.307 e. The summed E-state index contributed by atoms with van der Waals surface area (Å²) in [7, 11) is 0. The van der Waals surface area contributed by atoms with Crippen LogP contribution < -0.4 is 5.32 Å². The highest BCUT2D eigenvalue weighted by Crippen LogP contribution is 2.63. The summed E-state index contributed by atoms with van der Waals surface area (Å²) in [6.45, 7) is 6.22. The molecule has 1 aromatic carbocycles. The standard InChI is InChI=1S/C18H23NO3/c1-10-4-6-11(7-5-10)19-16(20)14-12-8-9-13(18(12,2)3)15(14)17(21)22/h4-7,12-15H,8-9H2,1-3H3,(H,19,20)(H,21,22). The fourth-order valence-electron chi connectivity index (χ4n) is 4.70. The van der Waals surface area contributed by atoms with Crippen molar-refractivity contribution in [2.45, 2.75) is 33.6 Å². The minimum atomic E-state index is -0.829. The van der Waals surface area contributed by atoms with Crippen LogP contribution in [0.4, 0.5) is 5.69 Å². The fourth-order valence-corrected chi connectivity index (χ4v) is 4.70. The molecule has 1 amide bonds. The number of hydrogen-bond acceptors (Lipinski definition) is 2. The van der Waals surface area contributed by atoms with Gasteiger partial charge < -0.3 is 10.4 Å². The summed E-state index contributed by atoms with van der Waals surface area (Å²) >= 11 is 0. The molecule has 4 unspecified atom stereocenters. The van der Waals surface area contributed by atoms with Crippen molar-refractivity contribution in [1.29, 1.82) is 0 Å². The Labute approximate surface area is 130 Å². The molecule has 2 saturated carbocycles. The maximum atomic E-state index is 12.7. The summed E-state index contributed by atoms with van der Waals surface area (Å²) in [4.78, 5) is 24.4. The maximum absolute atomic E-state index is 12.7. The van der Waals surface area contributed by atoms with Gasteiger partial charge in [-0.2, -0.15) is 0 Å². The first-order chi connectivity index (χ1) is 10.3. The van der Waals surface area contributed by atoms with E-state index in [1.807, 2.05) is 31.2 Å². The highest BCUT2D eigenvalue weighted by molar-refractivity contribution is 5.96. The van der Waals surface area contributed by atoms with E-state index in [1.54, 1.807) is 0 Å². The van der Waals surface area contributed by atoms with E-state index in [0.29, 0.717) is 0 Å². The monoisotopic (exact) mass is 301 g/mol. The van der Waals surface area contributed by atoms with Gasteiger partial charge in [0.2, 0.25) is 5.91 Å². The van der Waals surface area contributed by atoms with Gasteiger partial charge in [-0.3, -0.25) is 9.59 Å². The Balaban J connectivity index is 1.84. The van der Waals surface area contributed by atoms with Gasteiger partial charge in [0, 0.05) is 5.69 Å². The number of carboxylic acids is 1. The van der Waals surface area contributed by atoms with Crippen molar-refractivity contribution in [2.24, 2.45) is 29.1 Å². The van der Waals surface area contributed by atoms with Crippen molar-refractivity contribution in [2.75, 3.05) is 5.32 Å². The number of rotatable bonds is 3. The lowest BCUT2D eigenvalue weighted by Crippen LogP contribution is -2.37. The number of carbonyl (C=O) groups is 2. The molecule has 2 fully saturated rings. The number of anilines is 1. The Hall–Kier alpha value is -1.84. The first kappa shape index (κ1) is 15.1. The number of hydrogen-bond donors (Lipinski definition) is 2. The minimum Gasteiger partial charge on any atom is -0.481 e. The van der Waals surface area contributed by atoms with Gasteiger partial charge in [-0.25, -0.2) is 0 Å². The SMILES string of the molecule is Cc1ccc(NC(=O)C2C(C(=O)O)C3CCC2C3(C)C)cc1. The lowest BCUT2D eigenvalue weighted by atomic mass is 9.78. The highest BCUT2D eigenvalue weighted by atomic mass is 16.4. The van der Waals surface area contributed by atoms with Crippen LogP contribution in [0, 0.1) is 36.0 Å². The Bertz CT molecular complexity index is 605. The normalized spacial score (nSPS) is 32.0. The summed E-state index contributed by atoms with van der Waals surface area (Å²) in [5, 5.41) is 12.5. The van der Waals surface area contributed by atoms with Crippen LogP contribution >= 0.6 is 0 Å². The van der Waals surface area contributed by atoms with Crippen molar-refractivity contribution in [3.8, 4) is 0 Å². The first-order valence-electron chi connectivity index (χ1n) is 7.92. The number of amides is 1. The zero-order chi connectivity index (χ0) is 16.1. The van der Waals surface area contributed by atoms with E-state index in [9.17, 15) is 14.7 Å². The number of carbonyl (C=O) groups excluding carboxylic acids is 1. The Kier molecular flexibility index (Phi) is 3.50. The molecule has 2 aliphatic rings. The molecule has 1 aromatic rings. The summed E-state index contributed by atoms with van der Waals surface area (Å²) < 4.78 is 0. The van der Waals surface area contributed by atoms with Crippen molar-refractivity contribution >= 4 is 17.6 Å². The van der Waals surface area contributed by atoms with Crippen molar-refractivity contribution in [1.82, 2.24) is 0 Å². The number of aliphatic carboxylic acids is 1. The summed E-state index contributed by atoms with van der Waals surface area (Å²) in [5.41, 5.74) is 1.79. The van der Waals surface area contributed by atoms with Crippen molar-refractivity contribution in [3.63, 3.8) is 0 Å². The van der Waals surface area contributed by atoms with Gasteiger partial charge in [-0.05, 0) is 49.1 Å². The van der Waals surface area contributed by atoms with Crippen LogP contribution in [0.15, 0.2) is 24.3 Å². The molecule has 0 aromatic heterocycles. The molecule has 22 heavy (non-hydrogen) atoms. The molecular formula is C18H23NO3. The lowest BCUT2D eigenvalue weighted by molar-refractivity contribution is -0.148. The van der Waals surface area contributed by atoms with E-state index in [4.69, 9.17) is 0 Å². The third kappa shape index (κ3) is 2.21. The molecule has 2 N–H and O–H groups in total. The Morgan fingerprint density at radius 1 is 1.09 bits per heavy atom. The second-order valence-corrected chi connectivity index (χ2v) is 7.36. The molecule has 0 spiro atoms. The summed E-state index contributed by atoms with van der Waals surface area (Å²) in [6.07, 6.45) is 1.87. The van der Waals surface area contributed by atoms with Gasteiger partial charge >= 0.3 is 5.97 Å². The third-order valence-corrected chi connectivity index (χ3v) is 5.86. The van der Waals surface area contributed by atoms with Gasteiger partial charge in [-0.15, -0.1) is 0 Å². The summed E-state index contributed by atoms with van der Waals surface area (Å²) in [5.74, 6) is -1.69. The first-order valence-corrected chi connectivity index (χ1v) is 7.92. The topological polar surface area (TPSA) is 66.4 Å². The van der Waals surface area contributed by atoms with Gasteiger partial charge in [0.1, 0.15) is 0 Å². The van der Waals surface area contributed by atoms with E-state index in [1.165, 1.54) is 0 Å². The van der Waals surface area contributed by atoms with E-state index in [2.05, 4.69) is 19.2 Å². The second kappa shape index (κ2) is 5.11. The molecular weight excluding hydrogens is 278 g/mol. The number of carboxylic acid groups (broad SMARTS) is 1. The van der Waals surface area contributed by atoms with Crippen LogP contribution in [0.5, 0.6) is 0 Å². The van der Waals surface area contributed by atoms with Crippen LogP contribution in [-0.4, -0.2) is 17.0 Å². The number of benzene rings is 1. The van der Waals surface area contributed by atoms with Gasteiger partial charge in [0.05, 0.1) is 11.8 Å².